The summed E-state index contributed by atoms with van der Waals surface area (Å²) in [7, 11) is 0. The molecule has 0 aliphatic heterocycles. The molecule has 6 heteroatoms. The van der Waals surface area contributed by atoms with Gasteiger partial charge in [0.15, 0.2) is 5.11 Å². The third-order valence-electron chi connectivity index (χ3n) is 3.31. The van der Waals surface area contributed by atoms with E-state index >= 15 is 0 Å². The molecule has 0 aromatic heterocycles. The maximum Gasteiger partial charge on any atom is 0.338 e. The van der Waals surface area contributed by atoms with Crippen LogP contribution in [0.3, 0.4) is 0 Å². The molecule has 132 valence electrons. The predicted molar refractivity (Wildman–Crippen MR) is 109 cm³/mol. The van der Waals surface area contributed by atoms with E-state index in [1.165, 1.54) is 10.5 Å². The maximum atomic E-state index is 11.7. The van der Waals surface area contributed by atoms with Gasteiger partial charge in [0.1, 0.15) is 0 Å². The third-order valence-corrected chi connectivity index (χ3v) is 4.57. The standard InChI is InChI=1S/C19H22N2O2S2/c1-3-23-18(22)15-5-4-6-16(13-15)21-19(24)20-11-12-25-17-9-7-14(2)8-10-17/h4-10,13H,3,11-12H2,1-2H3,(H2,20,21,24). The van der Waals surface area contributed by atoms with Gasteiger partial charge < -0.3 is 15.4 Å². The van der Waals surface area contributed by atoms with Crippen LogP contribution < -0.4 is 10.6 Å². The summed E-state index contributed by atoms with van der Waals surface area (Å²) in [5.41, 5.74) is 2.52. The van der Waals surface area contributed by atoms with Crippen LogP contribution in [-0.4, -0.2) is 30.0 Å². The molecular formula is C19H22N2O2S2. The minimum atomic E-state index is -0.334. The highest BCUT2D eigenvalue weighted by atomic mass is 32.2. The fourth-order valence-electron chi connectivity index (χ4n) is 2.08. The second-order valence-electron chi connectivity index (χ2n) is 5.34. The highest BCUT2D eigenvalue weighted by Crippen LogP contribution is 2.17. The number of thiocarbonyl (C=S) groups is 1. The van der Waals surface area contributed by atoms with Crippen molar-refractivity contribution in [1.82, 2.24) is 5.32 Å². The Labute approximate surface area is 158 Å². The highest BCUT2D eigenvalue weighted by Gasteiger charge is 2.07. The first kappa shape index (κ1) is 19.3. The monoisotopic (exact) mass is 374 g/mol. The zero-order valence-electron chi connectivity index (χ0n) is 14.4. The molecule has 2 aromatic carbocycles. The van der Waals surface area contributed by atoms with Crippen LogP contribution in [-0.2, 0) is 4.74 Å². The smallest absolute Gasteiger partial charge is 0.338 e. The number of anilines is 1. The molecule has 0 saturated heterocycles. The van der Waals surface area contributed by atoms with Gasteiger partial charge in [-0.3, -0.25) is 0 Å². The normalized spacial score (nSPS) is 10.2. The Balaban J connectivity index is 1.75. The van der Waals surface area contributed by atoms with Gasteiger partial charge in [-0.25, -0.2) is 4.79 Å². The fourth-order valence-corrected chi connectivity index (χ4v) is 3.07. The van der Waals surface area contributed by atoms with Crippen molar-refractivity contribution in [3.05, 3.63) is 59.7 Å². The van der Waals surface area contributed by atoms with Crippen LogP contribution in [0.15, 0.2) is 53.4 Å². The van der Waals surface area contributed by atoms with Gasteiger partial charge in [-0.05, 0) is 56.4 Å². The molecule has 0 atom stereocenters. The van der Waals surface area contributed by atoms with E-state index in [1.807, 2.05) is 6.07 Å². The molecule has 2 aromatic rings. The Morgan fingerprint density at radius 2 is 1.96 bits per heavy atom. The van der Waals surface area contributed by atoms with Crippen molar-refractivity contribution < 1.29 is 9.53 Å². The second-order valence-corrected chi connectivity index (χ2v) is 6.92. The van der Waals surface area contributed by atoms with E-state index in [9.17, 15) is 4.79 Å². The zero-order chi connectivity index (χ0) is 18.1. The Kier molecular flexibility index (Phi) is 7.76. The van der Waals surface area contributed by atoms with Crippen molar-refractivity contribution in [3.8, 4) is 0 Å². The quantitative estimate of drug-likeness (QED) is 0.327. The lowest BCUT2D eigenvalue weighted by Gasteiger charge is -2.11. The van der Waals surface area contributed by atoms with E-state index in [0.717, 1.165) is 18.0 Å². The summed E-state index contributed by atoms with van der Waals surface area (Å²) >= 11 is 7.07. The number of ether oxygens (including phenoxy) is 1. The van der Waals surface area contributed by atoms with Crippen LogP contribution in [0.1, 0.15) is 22.8 Å². The number of hydrogen-bond donors (Lipinski definition) is 2. The summed E-state index contributed by atoms with van der Waals surface area (Å²) < 4.78 is 5.00. The topological polar surface area (TPSA) is 50.4 Å². The molecular weight excluding hydrogens is 352 g/mol. The second kappa shape index (κ2) is 10.1. The molecule has 0 aliphatic rings. The molecule has 0 heterocycles. The lowest BCUT2D eigenvalue weighted by molar-refractivity contribution is 0.0526. The highest BCUT2D eigenvalue weighted by molar-refractivity contribution is 7.99. The van der Waals surface area contributed by atoms with Crippen LogP contribution in [0.4, 0.5) is 5.69 Å². The number of rotatable bonds is 7. The summed E-state index contributed by atoms with van der Waals surface area (Å²) in [4.78, 5) is 13.0. The van der Waals surface area contributed by atoms with E-state index < -0.39 is 0 Å². The van der Waals surface area contributed by atoms with Gasteiger partial charge >= 0.3 is 5.97 Å². The first-order valence-electron chi connectivity index (χ1n) is 8.10. The summed E-state index contributed by atoms with van der Waals surface area (Å²) in [6.45, 7) is 4.97. The van der Waals surface area contributed by atoms with Crippen molar-refractivity contribution in [3.63, 3.8) is 0 Å². The summed E-state index contributed by atoms with van der Waals surface area (Å²) in [5.74, 6) is 0.577. The van der Waals surface area contributed by atoms with Gasteiger partial charge in [0.25, 0.3) is 0 Å². The van der Waals surface area contributed by atoms with Gasteiger partial charge in [0.05, 0.1) is 12.2 Å². The Hall–Kier alpha value is -2.05. The first-order chi connectivity index (χ1) is 12.1. The maximum absolute atomic E-state index is 11.7. The molecule has 4 nitrogen and oxygen atoms in total. The van der Waals surface area contributed by atoms with Gasteiger partial charge in [0, 0.05) is 22.9 Å². The van der Waals surface area contributed by atoms with Crippen molar-refractivity contribution in [2.45, 2.75) is 18.7 Å². The van der Waals surface area contributed by atoms with Crippen LogP contribution >= 0.6 is 24.0 Å². The van der Waals surface area contributed by atoms with Crippen molar-refractivity contribution in [1.29, 1.82) is 0 Å². The lowest BCUT2D eigenvalue weighted by atomic mass is 10.2. The van der Waals surface area contributed by atoms with Crippen molar-refractivity contribution in [2.75, 3.05) is 24.2 Å². The molecule has 0 amide bonds. The molecule has 0 bridgehead atoms. The number of thioether (sulfide) groups is 1. The minimum absolute atomic E-state index is 0.334. The predicted octanol–water partition coefficient (Wildman–Crippen LogP) is 4.25. The van der Waals surface area contributed by atoms with E-state index in [4.69, 9.17) is 17.0 Å². The van der Waals surface area contributed by atoms with Gasteiger partial charge in [-0.15, -0.1) is 11.8 Å². The largest absolute Gasteiger partial charge is 0.462 e. The van der Waals surface area contributed by atoms with Gasteiger partial charge in [-0.2, -0.15) is 0 Å². The average Bonchev–Trinajstić information content (AvgIpc) is 2.61. The molecule has 2 rings (SSSR count). The molecule has 0 fully saturated rings. The number of benzene rings is 2. The third kappa shape index (κ3) is 6.76. The van der Waals surface area contributed by atoms with E-state index in [2.05, 4.69) is 41.8 Å². The Morgan fingerprint density at radius 3 is 2.68 bits per heavy atom. The fraction of sp³-hybridized carbons (Fsp3) is 0.263. The molecule has 0 radical (unpaired) electrons. The first-order valence-corrected chi connectivity index (χ1v) is 9.49. The number of carbonyl (C=O) groups is 1. The van der Waals surface area contributed by atoms with E-state index in [-0.39, 0.29) is 5.97 Å². The lowest BCUT2D eigenvalue weighted by Crippen LogP contribution is -2.30. The average molecular weight is 375 g/mol. The molecule has 25 heavy (non-hydrogen) atoms. The van der Waals surface area contributed by atoms with Crippen molar-refractivity contribution >= 4 is 40.7 Å². The Morgan fingerprint density at radius 1 is 1.20 bits per heavy atom. The minimum Gasteiger partial charge on any atom is -0.462 e. The van der Waals surface area contributed by atoms with E-state index in [1.54, 1.807) is 36.9 Å². The van der Waals surface area contributed by atoms with Crippen molar-refractivity contribution in [2.24, 2.45) is 0 Å². The number of esters is 1. The van der Waals surface area contributed by atoms with Crippen LogP contribution in [0.2, 0.25) is 0 Å². The molecule has 0 saturated carbocycles. The SMILES string of the molecule is CCOC(=O)c1cccc(NC(=S)NCCSc2ccc(C)cc2)c1. The molecule has 0 aliphatic carbocycles. The molecule has 0 unspecified atom stereocenters. The molecule has 2 N–H and O–H groups in total. The van der Waals surface area contributed by atoms with Crippen LogP contribution in [0.5, 0.6) is 0 Å². The van der Waals surface area contributed by atoms with Gasteiger partial charge in [-0.1, -0.05) is 23.8 Å². The van der Waals surface area contributed by atoms with E-state index in [0.29, 0.717) is 17.3 Å². The summed E-state index contributed by atoms with van der Waals surface area (Å²) in [6.07, 6.45) is 0. The number of aryl methyl sites for hydroxylation is 1. The molecule has 0 spiro atoms. The summed E-state index contributed by atoms with van der Waals surface area (Å²) in [6, 6.07) is 15.6. The number of hydrogen-bond acceptors (Lipinski definition) is 4. The number of nitrogens with one attached hydrogen (secondary N) is 2. The van der Waals surface area contributed by atoms with Gasteiger partial charge in [0.2, 0.25) is 0 Å². The summed E-state index contributed by atoms with van der Waals surface area (Å²) in [5, 5.41) is 6.79. The van der Waals surface area contributed by atoms with Crippen LogP contribution in [0, 0.1) is 6.92 Å². The van der Waals surface area contributed by atoms with Crippen LogP contribution in [0.25, 0.3) is 0 Å². The number of carbonyl (C=O) groups excluding carboxylic acids is 1. The zero-order valence-corrected chi connectivity index (χ0v) is 16.0. The Bertz CT molecular complexity index is 718.